The van der Waals surface area contributed by atoms with E-state index < -0.39 is 0 Å². The third-order valence-corrected chi connectivity index (χ3v) is 4.67. The Morgan fingerprint density at radius 3 is 2.73 bits per heavy atom. The summed E-state index contributed by atoms with van der Waals surface area (Å²) in [6.07, 6.45) is 0. The zero-order valence-corrected chi connectivity index (χ0v) is 14.3. The minimum atomic E-state index is 0.0680. The molecule has 0 fully saturated rings. The third-order valence-electron chi connectivity index (χ3n) is 3.25. The monoisotopic (exact) mass is 377 g/mol. The van der Waals surface area contributed by atoms with E-state index in [1.165, 1.54) is 5.56 Å². The van der Waals surface area contributed by atoms with Gasteiger partial charge in [0.25, 0.3) is 0 Å². The molecule has 114 valence electrons. The molecule has 0 aliphatic rings. The molecule has 0 aliphatic carbocycles. The molecule has 0 aliphatic heterocycles. The topological polar surface area (TPSA) is 50.1 Å². The zero-order valence-electron chi connectivity index (χ0n) is 11.9. The summed E-state index contributed by atoms with van der Waals surface area (Å²) in [7, 11) is 0. The molecule has 0 bridgehead atoms. The second-order valence-corrected chi connectivity index (χ2v) is 6.68. The van der Waals surface area contributed by atoms with Crippen molar-refractivity contribution in [2.75, 3.05) is 11.9 Å². The maximum absolute atomic E-state index is 9.21. The van der Waals surface area contributed by atoms with Gasteiger partial charge in [0.1, 0.15) is 11.5 Å². The second-order valence-electron chi connectivity index (χ2n) is 4.82. The van der Waals surface area contributed by atoms with Crippen LogP contribution in [0.4, 0.5) is 5.82 Å². The number of aromatic nitrogens is 2. The van der Waals surface area contributed by atoms with Gasteiger partial charge in [-0.1, -0.05) is 34.1 Å². The van der Waals surface area contributed by atoms with Crippen molar-refractivity contribution in [2.24, 2.45) is 0 Å². The summed E-state index contributed by atoms with van der Waals surface area (Å²) < 4.78 is 2.88. The quantitative estimate of drug-likeness (QED) is 0.682. The Hall–Kier alpha value is -1.63. The van der Waals surface area contributed by atoms with Gasteiger partial charge in [0.15, 0.2) is 0 Å². The van der Waals surface area contributed by atoms with Crippen LogP contribution in [-0.4, -0.2) is 21.5 Å². The number of aliphatic hydroxyl groups excluding tert-OH is 1. The van der Waals surface area contributed by atoms with Gasteiger partial charge in [-0.15, -0.1) is 11.3 Å². The number of thiophene rings is 1. The molecule has 4 nitrogen and oxygen atoms in total. The van der Waals surface area contributed by atoms with Gasteiger partial charge in [0.05, 0.1) is 18.0 Å². The van der Waals surface area contributed by atoms with Crippen LogP contribution in [0, 0.1) is 0 Å². The summed E-state index contributed by atoms with van der Waals surface area (Å²) in [6, 6.07) is 14.3. The third kappa shape index (κ3) is 3.58. The summed E-state index contributed by atoms with van der Waals surface area (Å²) in [4.78, 5) is 1.13. The minimum absolute atomic E-state index is 0.0680. The number of hydrogen-bond donors (Lipinski definition) is 2. The smallest absolute Gasteiger partial charge is 0.125 e. The molecular formula is C16H16BrN3OS. The number of nitrogens with zero attached hydrogens (tertiary/aromatic N) is 2. The number of nitrogens with one attached hydrogen (secondary N) is 1. The Morgan fingerprint density at radius 2 is 2.05 bits per heavy atom. The highest BCUT2D eigenvalue weighted by Crippen LogP contribution is 2.26. The summed E-state index contributed by atoms with van der Waals surface area (Å²) in [5, 5.41) is 19.2. The number of benzene rings is 1. The summed E-state index contributed by atoms with van der Waals surface area (Å²) >= 11 is 5.10. The number of aliphatic hydroxyl groups is 1. The maximum Gasteiger partial charge on any atom is 0.125 e. The second kappa shape index (κ2) is 7.09. The molecular weight excluding hydrogens is 362 g/mol. The van der Waals surface area contributed by atoms with Crippen LogP contribution in [0.3, 0.4) is 0 Å². The Morgan fingerprint density at radius 1 is 1.23 bits per heavy atom. The minimum Gasteiger partial charge on any atom is -0.394 e. The zero-order chi connectivity index (χ0) is 15.4. The fourth-order valence-electron chi connectivity index (χ4n) is 2.16. The van der Waals surface area contributed by atoms with Gasteiger partial charge in [-0.25, -0.2) is 4.68 Å². The van der Waals surface area contributed by atoms with E-state index in [0.717, 1.165) is 20.9 Å². The van der Waals surface area contributed by atoms with Gasteiger partial charge in [0, 0.05) is 17.1 Å². The van der Waals surface area contributed by atoms with Crippen molar-refractivity contribution >= 4 is 33.1 Å². The Kier molecular flexibility index (Phi) is 4.92. The van der Waals surface area contributed by atoms with Crippen molar-refractivity contribution in [3.63, 3.8) is 0 Å². The van der Waals surface area contributed by atoms with Crippen LogP contribution in [0.15, 0.2) is 52.3 Å². The van der Waals surface area contributed by atoms with Crippen LogP contribution in [0.2, 0.25) is 0 Å². The molecule has 0 saturated carbocycles. The lowest BCUT2D eigenvalue weighted by Gasteiger charge is -2.08. The molecule has 0 spiro atoms. The van der Waals surface area contributed by atoms with Crippen molar-refractivity contribution in [1.29, 1.82) is 0 Å². The van der Waals surface area contributed by atoms with Crippen LogP contribution in [-0.2, 0) is 13.1 Å². The highest BCUT2D eigenvalue weighted by molar-refractivity contribution is 9.10. The van der Waals surface area contributed by atoms with E-state index >= 15 is 0 Å². The van der Waals surface area contributed by atoms with E-state index in [1.807, 2.05) is 34.3 Å². The van der Waals surface area contributed by atoms with E-state index in [1.54, 1.807) is 11.3 Å². The summed E-state index contributed by atoms with van der Waals surface area (Å²) in [5.74, 6) is 0.917. The highest BCUT2D eigenvalue weighted by Gasteiger charge is 2.10. The molecule has 6 heteroatoms. The maximum atomic E-state index is 9.21. The fourth-order valence-corrected chi connectivity index (χ4v) is 3.11. The SMILES string of the molecule is OCCn1nc(-c2cccs2)cc1NCc1ccc(Br)cc1. The standard InChI is InChI=1S/C16H16BrN3OS/c17-13-5-3-12(4-6-13)11-18-16-10-14(15-2-1-9-22-15)19-20(16)7-8-21/h1-6,9-10,18,21H,7-8,11H2. The van der Waals surface area contributed by atoms with E-state index in [4.69, 9.17) is 0 Å². The number of anilines is 1. The Balaban J connectivity index is 1.78. The van der Waals surface area contributed by atoms with E-state index in [-0.39, 0.29) is 6.61 Å². The first-order valence-corrected chi connectivity index (χ1v) is 8.64. The molecule has 1 aromatic carbocycles. The molecule has 2 heterocycles. The number of rotatable bonds is 6. The first-order valence-electron chi connectivity index (χ1n) is 6.97. The van der Waals surface area contributed by atoms with Crippen molar-refractivity contribution in [3.05, 3.63) is 57.9 Å². The van der Waals surface area contributed by atoms with Gasteiger partial charge >= 0.3 is 0 Å². The van der Waals surface area contributed by atoms with Crippen LogP contribution >= 0.6 is 27.3 Å². The van der Waals surface area contributed by atoms with Gasteiger partial charge in [-0.05, 0) is 29.1 Å². The first kappa shape index (κ1) is 15.3. The molecule has 2 aromatic heterocycles. The van der Waals surface area contributed by atoms with Crippen molar-refractivity contribution in [3.8, 4) is 10.6 Å². The Bertz CT molecular complexity index is 722. The number of hydrogen-bond acceptors (Lipinski definition) is 4. The molecule has 0 atom stereocenters. The van der Waals surface area contributed by atoms with Crippen molar-refractivity contribution in [2.45, 2.75) is 13.1 Å². The molecule has 0 amide bonds. The van der Waals surface area contributed by atoms with Gasteiger partial charge in [-0.3, -0.25) is 0 Å². The molecule has 3 rings (SSSR count). The molecule has 0 radical (unpaired) electrons. The molecule has 0 saturated heterocycles. The van der Waals surface area contributed by atoms with Crippen molar-refractivity contribution in [1.82, 2.24) is 9.78 Å². The van der Waals surface area contributed by atoms with Crippen LogP contribution < -0.4 is 5.32 Å². The average Bonchev–Trinajstić information content (AvgIpc) is 3.17. The lowest BCUT2D eigenvalue weighted by molar-refractivity contribution is 0.270. The van der Waals surface area contributed by atoms with E-state index in [2.05, 4.69) is 44.5 Å². The molecule has 2 N–H and O–H groups in total. The normalized spacial score (nSPS) is 10.8. The summed E-state index contributed by atoms with van der Waals surface area (Å²) in [5.41, 5.74) is 2.12. The van der Waals surface area contributed by atoms with Gasteiger partial charge in [-0.2, -0.15) is 5.10 Å². The van der Waals surface area contributed by atoms with E-state index in [9.17, 15) is 5.11 Å². The van der Waals surface area contributed by atoms with Crippen LogP contribution in [0.1, 0.15) is 5.56 Å². The van der Waals surface area contributed by atoms with Crippen LogP contribution in [0.5, 0.6) is 0 Å². The van der Waals surface area contributed by atoms with Gasteiger partial charge < -0.3 is 10.4 Å². The largest absolute Gasteiger partial charge is 0.394 e. The lowest BCUT2D eigenvalue weighted by atomic mass is 10.2. The molecule has 0 unspecified atom stereocenters. The van der Waals surface area contributed by atoms with Crippen molar-refractivity contribution < 1.29 is 5.11 Å². The fraction of sp³-hybridized carbons (Fsp3) is 0.188. The highest BCUT2D eigenvalue weighted by atomic mass is 79.9. The number of halogens is 1. The predicted octanol–water partition coefficient (Wildman–Crippen LogP) is 3.98. The first-order chi connectivity index (χ1) is 10.8. The Labute approximate surface area is 141 Å². The molecule has 22 heavy (non-hydrogen) atoms. The lowest BCUT2D eigenvalue weighted by Crippen LogP contribution is -2.10. The van der Waals surface area contributed by atoms with Gasteiger partial charge in [0.2, 0.25) is 0 Å². The van der Waals surface area contributed by atoms with Crippen LogP contribution in [0.25, 0.3) is 10.6 Å². The average molecular weight is 378 g/mol. The molecule has 3 aromatic rings. The predicted molar refractivity (Wildman–Crippen MR) is 94.1 cm³/mol. The summed E-state index contributed by atoms with van der Waals surface area (Å²) in [6.45, 7) is 1.26. The van der Waals surface area contributed by atoms with E-state index in [0.29, 0.717) is 13.1 Å².